The third-order valence-electron chi connectivity index (χ3n) is 9.40. The Labute approximate surface area is 281 Å². The minimum absolute atomic E-state index is 0.583. The molecule has 0 saturated carbocycles. The van der Waals surface area contributed by atoms with Crippen LogP contribution in [0.5, 0.6) is 0 Å². The van der Waals surface area contributed by atoms with E-state index in [1.54, 1.807) is 0 Å². The molecule has 10 rings (SSSR count). The molecule has 3 heterocycles. The maximum atomic E-state index is 6.61. The predicted molar refractivity (Wildman–Crippen MR) is 199 cm³/mol. The quantitative estimate of drug-likeness (QED) is 0.182. The lowest BCUT2D eigenvalue weighted by Crippen LogP contribution is -2.01. The molecule has 0 saturated heterocycles. The van der Waals surface area contributed by atoms with Crippen LogP contribution in [0.4, 0.5) is 0 Å². The van der Waals surface area contributed by atoms with Gasteiger partial charge in [0.15, 0.2) is 17.5 Å². The summed E-state index contributed by atoms with van der Waals surface area (Å²) in [4.78, 5) is 20.2. The van der Waals surface area contributed by atoms with E-state index in [1.807, 2.05) is 67.0 Å². The fraction of sp³-hybridized carbons (Fsp3) is 0. The van der Waals surface area contributed by atoms with Gasteiger partial charge in [-0.3, -0.25) is 4.98 Å². The highest BCUT2D eigenvalue weighted by Crippen LogP contribution is 2.43. The molecule has 0 amide bonds. The number of pyridine rings is 1. The predicted octanol–water partition coefficient (Wildman–Crippen LogP) is 11.3. The molecule has 0 radical (unpaired) electrons. The van der Waals surface area contributed by atoms with Crippen LogP contribution in [-0.2, 0) is 0 Å². The summed E-state index contributed by atoms with van der Waals surface area (Å²) >= 11 is 0. The molecule has 0 aliphatic carbocycles. The third kappa shape index (κ3) is 4.40. The Kier molecular flexibility index (Phi) is 6.11. The molecule has 0 spiro atoms. The number of fused-ring (bicyclic) bond motifs is 8. The average molecular weight is 627 g/mol. The molecule has 49 heavy (non-hydrogen) atoms. The zero-order valence-corrected chi connectivity index (χ0v) is 26.2. The molecule has 7 aromatic carbocycles. The van der Waals surface area contributed by atoms with E-state index < -0.39 is 0 Å². The van der Waals surface area contributed by atoms with Gasteiger partial charge >= 0.3 is 0 Å². The molecule has 0 fully saturated rings. The van der Waals surface area contributed by atoms with Crippen molar-refractivity contribution in [3.8, 4) is 45.3 Å². The summed E-state index contributed by atoms with van der Waals surface area (Å²) in [5.41, 5.74) is 6.47. The summed E-state index contributed by atoms with van der Waals surface area (Å²) in [6, 6.07) is 50.0. The molecule has 0 aliphatic rings. The van der Waals surface area contributed by atoms with Gasteiger partial charge in [0, 0.05) is 56.2 Å². The zero-order chi connectivity index (χ0) is 32.3. The average Bonchev–Trinajstić information content (AvgIpc) is 3.57. The maximum absolute atomic E-state index is 6.61. The van der Waals surface area contributed by atoms with E-state index in [4.69, 9.17) is 19.4 Å². The molecule has 0 bridgehead atoms. The molecule has 0 atom stereocenters. The van der Waals surface area contributed by atoms with Gasteiger partial charge in [-0.05, 0) is 57.4 Å². The Morgan fingerprint density at radius 1 is 0.408 bits per heavy atom. The lowest BCUT2D eigenvalue weighted by molar-refractivity contribution is 0.670. The maximum Gasteiger partial charge on any atom is 0.164 e. The monoisotopic (exact) mass is 626 g/mol. The van der Waals surface area contributed by atoms with Crippen molar-refractivity contribution in [3.63, 3.8) is 0 Å². The second-order valence-corrected chi connectivity index (χ2v) is 12.2. The SMILES string of the molecule is c1ccc(-c2nc(-c3ccc(-c4ccccc4)c4oc5ccccc5c34)nc(-c3cc4cnccc4c4ccc5ccccc5c34)n2)cc1. The molecular weight excluding hydrogens is 601 g/mol. The molecular formula is C44H26N4O. The van der Waals surface area contributed by atoms with E-state index >= 15 is 0 Å². The Hall–Kier alpha value is -6.72. The molecule has 5 nitrogen and oxygen atoms in total. The van der Waals surface area contributed by atoms with E-state index in [0.717, 1.165) is 82.1 Å². The van der Waals surface area contributed by atoms with Gasteiger partial charge in [0.1, 0.15) is 11.2 Å². The van der Waals surface area contributed by atoms with E-state index in [9.17, 15) is 0 Å². The largest absolute Gasteiger partial charge is 0.455 e. The summed E-state index contributed by atoms with van der Waals surface area (Å²) in [6.45, 7) is 0. The number of benzene rings is 7. The van der Waals surface area contributed by atoms with Crippen molar-refractivity contribution in [1.29, 1.82) is 0 Å². The van der Waals surface area contributed by atoms with Crippen LogP contribution in [0.25, 0.3) is 99.5 Å². The van der Waals surface area contributed by atoms with Gasteiger partial charge in [0.2, 0.25) is 0 Å². The molecule has 3 aromatic heterocycles. The second-order valence-electron chi connectivity index (χ2n) is 12.2. The Bertz CT molecular complexity index is 2880. The number of aromatic nitrogens is 4. The van der Waals surface area contributed by atoms with Crippen molar-refractivity contribution >= 4 is 54.3 Å². The summed E-state index contributed by atoms with van der Waals surface area (Å²) in [6.07, 6.45) is 3.77. The first-order valence-electron chi connectivity index (χ1n) is 16.3. The summed E-state index contributed by atoms with van der Waals surface area (Å²) in [5, 5.41) is 8.70. The standard InChI is InChI=1S/C44H26N4O/c1-3-11-27(12-4-1)33-21-22-36(40-35-17-9-10-18-38(35)49-41(33)40)43-46-42(29-14-5-2-6-15-29)47-44(48-43)37-25-30-26-45-24-23-31(30)34-20-19-28-13-7-8-16-32(28)39(34)37/h1-26H. The van der Waals surface area contributed by atoms with Gasteiger partial charge in [-0.25, -0.2) is 15.0 Å². The molecule has 0 unspecified atom stereocenters. The van der Waals surface area contributed by atoms with Crippen molar-refractivity contribution in [2.45, 2.75) is 0 Å². The fourth-order valence-electron chi connectivity index (χ4n) is 7.15. The minimum atomic E-state index is 0.583. The van der Waals surface area contributed by atoms with Crippen molar-refractivity contribution in [1.82, 2.24) is 19.9 Å². The first kappa shape index (κ1) is 27.4. The smallest absolute Gasteiger partial charge is 0.164 e. The van der Waals surface area contributed by atoms with Gasteiger partial charge < -0.3 is 4.42 Å². The number of hydrogen-bond acceptors (Lipinski definition) is 5. The highest BCUT2D eigenvalue weighted by atomic mass is 16.3. The van der Waals surface area contributed by atoms with Crippen LogP contribution in [0.1, 0.15) is 0 Å². The van der Waals surface area contributed by atoms with Crippen LogP contribution >= 0.6 is 0 Å². The van der Waals surface area contributed by atoms with Gasteiger partial charge in [-0.1, -0.05) is 115 Å². The lowest BCUT2D eigenvalue weighted by atomic mass is 9.93. The second kappa shape index (κ2) is 10.9. The van der Waals surface area contributed by atoms with Crippen molar-refractivity contribution < 1.29 is 4.42 Å². The van der Waals surface area contributed by atoms with Crippen LogP contribution < -0.4 is 0 Å². The van der Waals surface area contributed by atoms with Gasteiger partial charge in [0.05, 0.1) is 0 Å². The first-order valence-corrected chi connectivity index (χ1v) is 16.3. The highest BCUT2D eigenvalue weighted by molar-refractivity contribution is 6.22. The normalized spacial score (nSPS) is 11.7. The van der Waals surface area contributed by atoms with Crippen LogP contribution in [0, 0.1) is 0 Å². The summed E-state index contributed by atoms with van der Waals surface area (Å²) in [7, 11) is 0. The van der Waals surface area contributed by atoms with Crippen LogP contribution in [0.15, 0.2) is 162 Å². The van der Waals surface area contributed by atoms with Gasteiger partial charge in [-0.2, -0.15) is 0 Å². The van der Waals surface area contributed by atoms with Gasteiger partial charge in [0.25, 0.3) is 0 Å². The van der Waals surface area contributed by atoms with E-state index in [0.29, 0.717) is 17.5 Å². The summed E-state index contributed by atoms with van der Waals surface area (Å²) < 4.78 is 6.61. The molecule has 0 N–H and O–H groups in total. The summed E-state index contributed by atoms with van der Waals surface area (Å²) in [5.74, 6) is 1.79. The lowest BCUT2D eigenvalue weighted by Gasteiger charge is -2.14. The van der Waals surface area contributed by atoms with E-state index in [2.05, 4.69) is 96.0 Å². The molecule has 228 valence electrons. The Morgan fingerprint density at radius 3 is 1.92 bits per heavy atom. The molecule has 5 heteroatoms. The number of nitrogens with zero attached hydrogens (tertiary/aromatic N) is 4. The Morgan fingerprint density at radius 2 is 1.08 bits per heavy atom. The fourth-order valence-corrected chi connectivity index (χ4v) is 7.15. The van der Waals surface area contributed by atoms with Crippen LogP contribution in [-0.4, -0.2) is 19.9 Å². The zero-order valence-electron chi connectivity index (χ0n) is 26.2. The minimum Gasteiger partial charge on any atom is -0.455 e. The molecule has 0 aliphatic heterocycles. The van der Waals surface area contributed by atoms with Crippen LogP contribution in [0.2, 0.25) is 0 Å². The molecule has 10 aromatic rings. The topological polar surface area (TPSA) is 64.7 Å². The Balaban J connectivity index is 1.32. The third-order valence-corrected chi connectivity index (χ3v) is 9.40. The van der Waals surface area contributed by atoms with Crippen LogP contribution in [0.3, 0.4) is 0 Å². The number of hydrogen-bond donors (Lipinski definition) is 0. The highest BCUT2D eigenvalue weighted by Gasteiger charge is 2.22. The van der Waals surface area contributed by atoms with Gasteiger partial charge in [-0.15, -0.1) is 0 Å². The van der Waals surface area contributed by atoms with E-state index in [-0.39, 0.29) is 0 Å². The van der Waals surface area contributed by atoms with Crippen molar-refractivity contribution in [3.05, 3.63) is 158 Å². The number of para-hydroxylation sites is 1. The first-order chi connectivity index (χ1) is 24.3. The number of rotatable bonds is 4. The number of furan rings is 1. The van der Waals surface area contributed by atoms with Crippen molar-refractivity contribution in [2.75, 3.05) is 0 Å². The van der Waals surface area contributed by atoms with E-state index in [1.165, 1.54) is 0 Å². The van der Waals surface area contributed by atoms with Crippen molar-refractivity contribution in [2.24, 2.45) is 0 Å².